The van der Waals surface area contributed by atoms with Crippen molar-refractivity contribution in [2.24, 2.45) is 5.92 Å². The lowest BCUT2D eigenvalue weighted by atomic mass is 9.77. The van der Waals surface area contributed by atoms with Crippen molar-refractivity contribution in [3.63, 3.8) is 0 Å². The molecule has 0 atom stereocenters. The summed E-state index contributed by atoms with van der Waals surface area (Å²) in [5.74, 6) is 0.781. The van der Waals surface area contributed by atoms with Crippen LogP contribution in [-0.2, 0) is 6.54 Å². The lowest BCUT2D eigenvalue weighted by molar-refractivity contribution is 0.104. The van der Waals surface area contributed by atoms with E-state index >= 15 is 0 Å². The number of nitrogens with one attached hydrogen (secondary N) is 1. The van der Waals surface area contributed by atoms with E-state index in [0.29, 0.717) is 0 Å². The molecule has 1 aromatic rings. The van der Waals surface area contributed by atoms with Crippen LogP contribution in [0.4, 0.5) is 0 Å². The molecule has 0 aliphatic heterocycles. The third-order valence-electron chi connectivity index (χ3n) is 4.19. The number of aliphatic hydroxyl groups excluding tert-OH is 1. The van der Waals surface area contributed by atoms with Gasteiger partial charge in [0.15, 0.2) is 0 Å². The van der Waals surface area contributed by atoms with Gasteiger partial charge in [0.05, 0.1) is 11.6 Å². The molecule has 0 heterocycles. The summed E-state index contributed by atoms with van der Waals surface area (Å²) >= 11 is 9.49. The lowest BCUT2D eigenvalue weighted by Crippen LogP contribution is -2.50. The maximum absolute atomic E-state index is 9.71. The van der Waals surface area contributed by atoms with Gasteiger partial charge in [-0.3, -0.25) is 0 Å². The van der Waals surface area contributed by atoms with Crippen LogP contribution in [0, 0.1) is 5.92 Å². The normalized spacial score (nSPS) is 27.5. The molecule has 1 aliphatic carbocycles. The van der Waals surface area contributed by atoms with Gasteiger partial charge in [-0.05, 0) is 65.2 Å². The highest BCUT2D eigenvalue weighted by molar-refractivity contribution is 9.10. The highest BCUT2D eigenvalue weighted by Gasteiger charge is 2.32. The Morgan fingerprint density at radius 1 is 1.42 bits per heavy atom. The monoisotopic (exact) mass is 345 g/mol. The Morgan fingerprint density at radius 2 is 2.11 bits per heavy atom. The van der Waals surface area contributed by atoms with E-state index < -0.39 is 0 Å². The predicted molar refractivity (Wildman–Crippen MR) is 83.4 cm³/mol. The van der Waals surface area contributed by atoms with Crippen LogP contribution in [0.25, 0.3) is 0 Å². The summed E-state index contributed by atoms with van der Waals surface area (Å²) < 4.78 is 0.918. The average molecular weight is 347 g/mol. The predicted octanol–water partition coefficient (Wildman–Crippen LogP) is 4.13. The number of benzene rings is 1. The molecule has 0 radical (unpaired) electrons. The molecule has 1 aliphatic rings. The standard InChI is InChI=1S/C15H21BrClNO/c1-11-4-6-15(10-19,7-5-11)18-9-12-2-3-13(16)14(17)8-12/h2-3,8,11,18-19H,4-7,9-10H2,1H3. The van der Waals surface area contributed by atoms with Gasteiger partial charge in [0.1, 0.15) is 0 Å². The third kappa shape index (κ3) is 3.94. The Hall–Kier alpha value is -0.0900. The molecule has 19 heavy (non-hydrogen) atoms. The highest BCUT2D eigenvalue weighted by Crippen LogP contribution is 2.32. The first kappa shape index (κ1) is 15.3. The second-order valence-electron chi connectivity index (χ2n) is 5.72. The van der Waals surface area contributed by atoms with Gasteiger partial charge in [0.25, 0.3) is 0 Å². The first-order valence-corrected chi connectivity index (χ1v) is 8.01. The van der Waals surface area contributed by atoms with E-state index in [4.69, 9.17) is 11.6 Å². The van der Waals surface area contributed by atoms with E-state index in [9.17, 15) is 5.11 Å². The summed E-state index contributed by atoms with van der Waals surface area (Å²) in [7, 11) is 0. The summed E-state index contributed by atoms with van der Waals surface area (Å²) in [4.78, 5) is 0. The molecule has 0 saturated heterocycles. The van der Waals surface area contributed by atoms with E-state index in [-0.39, 0.29) is 12.1 Å². The van der Waals surface area contributed by atoms with Crippen LogP contribution >= 0.6 is 27.5 Å². The van der Waals surface area contributed by atoms with Gasteiger partial charge >= 0.3 is 0 Å². The molecule has 1 aromatic carbocycles. The minimum Gasteiger partial charge on any atom is -0.394 e. The van der Waals surface area contributed by atoms with Crippen molar-refractivity contribution >= 4 is 27.5 Å². The molecular weight excluding hydrogens is 326 g/mol. The zero-order chi connectivity index (χ0) is 13.9. The topological polar surface area (TPSA) is 32.3 Å². The smallest absolute Gasteiger partial charge is 0.0613 e. The molecule has 2 rings (SSSR count). The second kappa shape index (κ2) is 6.57. The van der Waals surface area contributed by atoms with Crippen molar-refractivity contribution in [2.75, 3.05) is 6.61 Å². The van der Waals surface area contributed by atoms with Crippen LogP contribution in [0.2, 0.25) is 5.02 Å². The molecule has 1 saturated carbocycles. The third-order valence-corrected chi connectivity index (χ3v) is 5.42. The Kier molecular flexibility index (Phi) is 5.29. The number of halogens is 2. The number of aliphatic hydroxyl groups is 1. The molecule has 2 N–H and O–H groups in total. The van der Waals surface area contributed by atoms with Crippen LogP contribution in [0.5, 0.6) is 0 Å². The van der Waals surface area contributed by atoms with Crippen LogP contribution in [-0.4, -0.2) is 17.3 Å². The summed E-state index contributed by atoms with van der Waals surface area (Å²) in [6.45, 7) is 3.25. The van der Waals surface area contributed by atoms with Crippen molar-refractivity contribution in [2.45, 2.75) is 44.7 Å². The van der Waals surface area contributed by atoms with Crippen molar-refractivity contribution in [1.82, 2.24) is 5.32 Å². The van der Waals surface area contributed by atoms with E-state index in [1.165, 1.54) is 12.8 Å². The molecule has 0 aromatic heterocycles. The van der Waals surface area contributed by atoms with Gasteiger partial charge < -0.3 is 10.4 Å². The second-order valence-corrected chi connectivity index (χ2v) is 6.98. The zero-order valence-corrected chi connectivity index (χ0v) is 13.6. The minimum atomic E-state index is -0.105. The molecular formula is C15H21BrClNO. The summed E-state index contributed by atoms with van der Waals surface area (Å²) in [6.07, 6.45) is 4.48. The van der Waals surface area contributed by atoms with Gasteiger partial charge in [0, 0.05) is 16.6 Å². The van der Waals surface area contributed by atoms with Crippen LogP contribution in [0.3, 0.4) is 0 Å². The zero-order valence-electron chi connectivity index (χ0n) is 11.3. The fraction of sp³-hybridized carbons (Fsp3) is 0.600. The molecule has 0 unspecified atom stereocenters. The Morgan fingerprint density at radius 3 is 2.68 bits per heavy atom. The molecule has 2 nitrogen and oxygen atoms in total. The maximum Gasteiger partial charge on any atom is 0.0613 e. The fourth-order valence-corrected chi connectivity index (χ4v) is 3.09. The molecule has 1 fully saturated rings. The molecule has 0 bridgehead atoms. The van der Waals surface area contributed by atoms with Crippen LogP contribution < -0.4 is 5.32 Å². The Labute approximate surface area is 128 Å². The van der Waals surface area contributed by atoms with Crippen molar-refractivity contribution in [1.29, 1.82) is 0 Å². The van der Waals surface area contributed by atoms with Gasteiger partial charge in [0.2, 0.25) is 0 Å². The van der Waals surface area contributed by atoms with E-state index in [1.54, 1.807) is 0 Å². The summed E-state index contributed by atoms with van der Waals surface area (Å²) in [6, 6.07) is 5.99. The quantitative estimate of drug-likeness (QED) is 0.859. The molecule has 106 valence electrons. The van der Waals surface area contributed by atoms with Gasteiger partial charge in [-0.2, -0.15) is 0 Å². The van der Waals surface area contributed by atoms with E-state index in [0.717, 1.165) is 40.4 Å². The SMILES string of the molecule is CC1CCC(CO)(NCc2ccc(Br)c(Cl)c2)CC1. The summed E-state index contributed by atoms with van der Waals surface area (Å²) in [5.41, 5.74) is 1.05. The van der Waals surface area contributed by atoms with Crippen molar-refractivity contribution in [3.8, 4) is 0 Å². The maximum atomic E-state index is 9.71. The van der Waals surface area contributed by atoms with E-state index in [1.807, 2.05) is 12.1 Å². The van der Waals surface area contributed by atoms with Crippen molar-refractivity contribution < 1.29 is 5.11 Å². The van der Waals surface area contributed by atoms with Crippen LogP contribution in [0.1, 0.15) is 38.2 Å². The highest BCUT2D eigenvalue weighted by atomic mass is 79.9. The largest absolute Gasteiger partial charge is 0.394 e. The number of hydrogen-bond acceptors (Lipinski definition) is 2. The molecule has 4 heteroatoms. The first-order chi connectivity index (χ1) is 9.04. The average Bonchev–Trinajstić information content (AvgIpc) is 2.42. The Bertz CT molecular complexity index is 430. The lowest BCUT2D eigenvalue weighted by Gasteiger charge is -2.39. The molecule has 0 spiro atoms. The Balaban J connectivity index is 1.97. The van der Waals surface area contributed by atoms with Gasteiger partial charge in [-0.1, -0.05) is 24.6 Å². The first-order valence-electron chi connectivity index (χ1n) is 6.84. The van der Waals surface area contributed by atoms with Crippen molar-refractivity contribution in [3.05, 3.63) is 33.3 Å². The summed E-state index contributed by atoms with van der Waals surface area (Å²) in [5, 5.41) is 14.0. The van der Waals surface area contributed by atoms with E-state index in [2.05, 4.69) is 34.2 Å². The fourth-order valence-electron chi connectivity index (χ4n) is 2.64. The number of hydrogen-bond donors (Lipinski definition) is 2. The van der Waals surface area contributed by atoms with Gasteiger partial charge in [-0.25, -0.2) is 0 Å². The minimum absolute atomic E-state index is 0.105. The number of rotatable bonds is 4. The van der Waals surface area contributed by atoms with Gasteiger partial charge in [-0.15, -0.1) is 0 Å². The van der Waals surface area contributed by atoms with Crippen LogP contribution in [0.15, 0.2) is 22.7 Å². The molecule has 0 amide bonds.